The van der Waals surface area contributed by atoms with Crippen molar-refractivity contribution in [2.75, 3.05) is 11.1 Å². The van der Waals surface area contributed by atoms with Crippen molar-refractivity contribution in [3.05, 3.63) is 29.8 Å². The molecule has 0 unspecified atom stereocenters. The van der Waals surface area contributed by atoms with Crippen molar-refractivity contribution in [1.29, 1.82) is 0 Å². The topological polar surface area (TPSA) is 64.1 Å². The van der Waals surface area contributed by atoms with Gasteiger partial charge in [0.25, 0.3) is 5.91 Å². The normalized spacial score (nSPS) is 12.0. The number of thioether (sulfide) groups is 1. The molecule has 1 heterocycles. The third kappa shape index (κ3) is 4.71. The number of aryl methyl sites for hydroxylation is 1. The highest BCUT2D eigenvalue weighted by Crippen LogP contribution is 2.25. The Balaban J connectivity index is 1.90. The van der Waals surface area contributed by atoms with Crippen molar-refractivity contribution in [3.63, 3.8) is 0 Å². The second kappa shape index (κ2) is 7.42. The van der Waals surface area contributed by atoms with E-state index in [4.69, 9.17) is 4.74 Å². The minimum absolute atomic E-state index is 0.236. The summed E-state index contributed by atoms with van der Waals surface area (Å²) in [6.45, 7) is 5.75. The molecule has 1 amide bonds. The van der Waals surface area contributed by atoms with Crippen LogP contribution in [0.3, 0.4) is 0 Å². The predicted octanol–water partition coefficient (Wildman–Crippen LogP) is 3.36. The number of aromatic nitrogens is 2. The first-order valence-corrected chi connectivity index (χ1v) is 8.39. The molecular formula is C14H17N3O2S2. The number of rotatable bonds is 6. The SMILES string of the molecule is CCSc1nnc(NC(=O)[C@H](C)Oc2ccc(C)cc2)s1. The maximum Gasteiger partial charge on any atom is 0.266 e. The number of nitrogens with one attached hydrogen (secondary N) is 1. The lowest BCUT2D eigenvalue weighted by atomic mass is 10.2. The summed E-state index contributed by atoms with van der Waals surface area (Å²) in [7, 11) is 0. The summed E-state index contributed by atoms with van der Waals surface area (Å²) in [5, 5.41) is 11.1. The third-order valence-electron chi connectivity index (χ3n) is 2.61. The van der Waals surface area contributed by atoms with E-state index < -0.39 is 6.10 Å². The van der Waals surface area contributed by atoms with E-state index in [2.05, 4.69) is 15.5 Å². The highest BCUT2D eigenvalue weighted by molar-refractivity contribution is 8.01. The van der Waals surface area contributed by atoms with Crippen LogP contribution in [0.5, 0.6) is 5.75 Å². The van der Waals surface area contributed by atoms with Crippen LogP contribution in [-0.2, 0) is 4.79 Å². The zero-order chi connectivity index (χ0) is 15.2. The van der Waals surface area contributed by atoms with Crippen LogP contribution in [0.15, 0.2) is 28.6 Å². The van der Waals surface area contributed by atoms with Gasteiger partial charge in [0.2, 0.25) is 5.13 Å². The van der Waals surface area contributed by atoms with E-state index in [0.717, 1.165) is 15.7 Å². The van der Waals surface area contributed by atoms with E-state index in [1.54, 1.807) is 18.7 Å². The molecule has 0 aliphatic carbocycles. The molecule has 0 aliphatic heterocycles. The number of carbonyl (C=O) groups is 1. The Morgan fingerprint density at radius 1 is 1.38 bits per heavy atom. The Morgan fingerprint density at radius 3 is 2.76 bits per heavy atom. The molecule has 1 N–H and O–H groups in total. The van der Waals surface area contributed by atoms with E-state index in [-0.39, 0.29) is 5.91 Å². The summed E-state index contributed by atoms with van der Waals surface area (Å²) in [4.78, 5) is 12.0. The first kappa shape index (κ1) is 15.8. The smallest absolute Gasteiger partial charge is 0.266 e. The number of anilines is 1. The van der Waals surface area contributed by atoms with Crippen LogP contribution < -0.4 is 10.1 Å². The molecule has 7 heteroatoms. The van der Waals surface area contributed by atoms with Crippen molar-refractivity contribution in [2.45, 2.75) is 31.2 Å². The van der Waals surface area contributed by atoms with Crippen LogP contribution in [0.2, 0.25) is 0 Å². The molecule has 0 aliphatic rings. The van der Waals surface area contributed by atoms with Gasteiger partial charge >= 0.3 is 0 Å². The van der Waals surface area contributed by atoms with Gasteiger partial charge in [-0.15, -0.1) is 10.2 Å². The minimum Gasteiger partial charge on any atom is -0.481 e. The van der Waals surface area contributed by atoms with Crippen LogP contribution in [0.4, 0.5) is 5.13 Å². The molecule has 21 heavy (non-hydrogen) atoms. The number of amides is 1. The average Bonchev–Trinajstić information content (AvgIpc) is 2.89. The van der Waals surface area contributed by atoms with E-state index in [1.165, 1.54) is 11.3 Å². The number of carbonyl (C=O) groups excluding carboxylic acids is 1. The molecule has 2 aromatic rings. The highest BCUT2D eigenvalue weighted by Gasteiger charge is 2.17. The summed E-state index contributed by atoms with van der Waals surface area (Å²) >= 11 is 2.96. The van der Waals surface area contributed by atoms with Gasteiger partial charge in [0, 0.05) is 0 Å². The van der Waals surface area contributed by atoms with Gasteiger partial charge < -0.3 is 4.74 Å². The maximum atomic E-state index is 12.0. The van der Waals surface area contributed by atoms with Crippen LogP contribution >= 0.6 is 23.1 Å². The fraction of sp³-hybridized carbons (Fsp3) is 0.357. The standard InChI is InChI=1S/C14H17N3O2S2/c1-4-20-14-17-16-13(21-14)15-12(18)10(3)19-11-7-5-9(2)6-8-11/h5-8,10H,4H2,1-3H3,(H,15,16,18)/t10-/m0/s1. The quantitative estimate of drug-likeness (QED) is 0.652. The summed E-state index contributed by atoms with van der Waals surface area (Å²) in [5.41, 5.74) is 1.15. The van der Waals surface area contributed by atoms with Gasteiger partial charge in [-0.3, -0.25) is 10.1 Å². The summed E-state index contributed by atoms with van der Waals surface area (Å²) in [5.74, 6) is 1.36. The number of nitrogens with zero attached hydrogens (tertiary/aromatic N) is 2. The van der Waals surface area contributed by atoms with Crippen molar-refractivity contribution >= 4 is 34.1 Å². The first-order chi connectivity index (χ1) is 10.1. The van der Waals surface area contributed by atoms with Gasteiger partial charge in [0.05, 0.1) is 0 Å². The Morgan fingerprint density at radius 2 is 2.10 bits per heavy atom. The van der Waals surface area contributed by atoms with E-state index >= 15 is 0 Å². The second-order valence-electron chi connectivity index (χ2n) is 4.37. The van der Waals surface area contributed by atoms with E-state index in [1.807, 2.05) is 38.1 Å². The van der Waals surface area contributed by atoms with Crippen LogP contribution in [0.25, 0.3) is 0 Å². The van der Waals surface area contributed by atoms with Gasteiger partial charge in [-0.1, -0.05) is 47.7 Å². The predicted molar refractivity (Wildman–Crippen MR) is 86.2 cm³/mol. The van der Waals surface area contributed by atoms with Gasteiger partial charge in [0.1, 0.15) is 5.75 Å². The second-order valence-corrected chi connectivity index (χ2v) is 6.86. The molecule has 1 aromatic heterocycles. The Kier molecular flexibility index (Phi) is 5.58. The monoisotopic (exact) mass is 323 g/mol. The Labute approximate surface area is 132 Å². The van der Waals surface area contributed by atoms with Crippen molar-refractivity contribution < 1.29 is 9.53 Å². The van der Waals surface area contributed by atoms with Gasteiger partial charge in [-0.05, 0) is 31.7 Å². The third-order valence-corrected chi connectivity index (χ3v) is 4.46. The average molecular weight is 323 g/mol. The zero-order valence-electron chi connectivity index (χ0n) is 12.1. The molecule has 0 saturated carbocycles. The Hall–Kier alpha value is -1.60. The van der Waals surface area contributed by atoms with Gasteiger partial charge in [-0.2, -0.15) is 0 Å². The number of hydrogen-bond donors (Lipinski definition) is 1. The molecule has 0 spiro atoms. The molecular weight excluding hydrogens is 306 g/mol. The molecule has 2 rings (SSSR count). The minimum atomic E-state index is -0.598. The lowest BCUT2D eigenvalue weighted by Gasteiger charge is -2.13. The summed E-state index contributed by atoms with van der Waals surface area (Å²) in [6.07, 6.45) is -0.598. The number of benzene rings is 1. The van der Waals surface area contributed by atoms with E-state index in [0.29, 0.717) is 10.9 Å². The fourth-order valence-electron chi connectivity index (χ4n) is 1.52. The van der Waals surface area contributed by atoms with Crippen LogP contribution in [0, 0.1) is 6.92 Å². The van der Waals surface area contributed by atoms with Gasteiger partial charge in [0.15, 0.2) is 10.4 Å². The zero-order valence-corrected chi connectivity index (χ0v) is 13.8. The molecule has 0 radical (unpaired) electrons. The van der Waals surface area contributed by atoms with Crippen LogP contribution in [-0.4, -0.2) is 28.0 Å². The number of ether oxygens (including phenoxy) is 1. The fourth-order valence-corrected chi connectivity index (χ4v) is 3.18. The van der Waals surface area contributed by atoms with Crippen molar-refractivity contribution in [3.8, 4) is 5.75 Å². The lowest BCUT2D eigenvalue weighted by Crippen LogP contribution is -2.30. The summed E-state index contributed by atoms with van der Waals surface area (Å²) < 4.78 is 6.44. The Bertz CT molecular complexity index is 599. The highest BCUT2D eigenvalue weighted by atomic mass is 32.2. The van der Waals surface area contributed by atoms with Crippen molar-refractivity contribution in [2.24, 2.45) is 0 Å². The molecule has 5 nitrogen and oxygen atoms in total. The van der Waals surface area contributed by atoms with Gasteiger partial charge in [-0.25, -0.2) is 0 Å². The molecule has 0 bridgehead atoms. The maximum absolute atomic E-state index is 12.0. The van der Waals surface area contributed by atoms with E-state index in [9.17, 15) is 4.79 Å². The molecule has 1 aromatic carbocycles. The van der Waals surface area contributed by atoms with Crippen molar-refractivity contribution in [1.82, 2.24) is 10.2 Å². The largest absolute Gasteiger partial charge is 0.481 e. The molecule has 1 atom stereocenters. The molecule has 0 fully saturated rings. The lowest BCUT2D eigenvalue weighted by molar-refractivity contribution is -0.122. The van der Waals surface area contributed by atoms with Crippen LogP contribution in [0.1, 0.15) is 19.4 Å². The summed E-state index contributed by atoms with van der Waals surface area (Å²) in [6, 6.07) is 7.58. The molecule has 0 saturated heterocycles. The molecule has 112 valence electrons. The first-order valence-electron chi connectivity index (χ1n) is 6.59. The number of hydrogen-bond acceptors (Lipinski definition) is 6.